The Balaban J connectivity index is 2.11. The molecule has 3 N–H and O–H groups in total. The standard InChI is InChI=1S/C19H17ClN2O4/c1-11-2-7-16(21-9-11)22-17(12-3-5-13(20)6-4-12)19-18(25)15(24)8-14(10-23)26-19/h2-9,17,23,25H,10H2,1H3,(H,21,22). The molecule has 2 heterocycles. The molecular weight excluding hydrogens is 356 g/mol. The van der Waals surface area contributed by atoms with Crippen LogP contribution in [-0.2, 0) is 6.61 Å². The van der Waals surface area contributed by atoms with Crippen molar-refractivity contribution in [3.05, 3.63) is 86.6 Å². The lowest BCUT2D eigenvalue weighted by atomic mass is 10.0. The minimum absolute atomic E-state index is 0.00810. The van der Waals surface area contributed by atoms with Crippen LogP contribution in [0.4, 0.5) is 5.82 Å². The predicted molar refractivity (Wildman–Crippen MR) is 98.5 cm³/mol. The van der Waals surface area contributed by atoms with Gasteiger partial charge < -0.3 is 19.9 Å². The zero-order chi connectivity index (χ0) is 18.7. The highest BCUT2D eigenvalue weighted by atomic mass is 35.5. The van der Waals surface area contributed by atoms with E-state index >= 15 is 0 Å². The highest BCUT2D eigenvalue weighted by molar-refractivity contribution is 6.30. The van der Waals surface area contributed by atoms with Crippen molar-refractivity contribution in [2.45, 2.75) is 19.6 Å². The van der Waals surface area contributed by atoms with Gasteiger partial charge in [-0.1, -0.05) is 29.8 Å². The van der Waals surface area contributed by atoms with Gasteiger partial charge in [-0.15, -0.1) is 0 Å². The fourth-order valence-electron chi connectivity index (χ4n) is 2.49. The summed E-state index contributed by atoms with van der Waals surface area (Å²) in [4.78, 5) is 16.3. The van der Waals surface area contributed by atoms with Gasteiger partial charge in [-0.05, 0) is 36.2 Å². The van der Waals surface area contributed by atoms with Crippen molar-refractivity contribution < 1.29 is 14.6 Å². The Kier molecular flexibility index (Phi) is 5.25. The molecule has 1 aromatic carbocycles. The number of aryl methyl sites for hydroxylation is 1. The van der Waals surface area contributed by atoms with Crippen LogP contribution < -0.4 is 10.7 Å². The molecule has 0 saturated heterocycles. The fraction of sp³-hybridized carbons (Fsp3) is 0.158. The summed E-state index contributed by atoms with van der Waals surface area (Å²) in [5.41, 5.74) is 1.06. The van der Waals surface area contributed by atoms with Gasteiger partial charge in [-0.25, -0.2) is 4.98 Å². The van der Waals surface area contributed by atoms with Crippen molar-refractivity contribution in [3.63, 3.8) is 0 Å². The monoisotopic (exact) mass is 372 g/mol. The van der Waals surface area contributed by atoms with E-state index in [1.54, 1.807) is 36.5 Å². The molecule has 3 aromatic rings. The predicted octanol–water partition coefficient (Wildman–Crippen LogP) is 3.40. The van der Waals surface area contributed by atoms with Gasteiger partial charge in [0, 0.05) is 17.3 Å². The molecule has 3 rings (SSSR count). The third-order valence-electron chi connectivity index (χ3n) is 3.82. The molecule has 0 aliphatic rings. The van der Waals surface area contributed by atoms with Crippen molar-refractivity contribution in [3.8, 4) is 5.75 Å². The third kappa shape index (κ3) is 3.87. The van der Waals surface area contributed by atoms with Crippen molar-refractivity contribution >= 4 is 17.4 Å². The number of nitrogens with zero attached hydrogens (tertiary/aromatic N) is 1. The van der Waals surface area contributed by atoms with E-state index in [1.165, 1.54) is 0 Å². The van der Waals surface area contributed by atoms with E-state index in [0.29, 0.717) is 16.4 Å². The fourth-order valence-corrected chi connectivity index (χ4v) is 2.61. The summed E-state index contributed by atoms with van der Waals surface area (Å²) in [6, 6.07) is 10.9. The smallest absolute Gasteiger partial charge is 0.227 e. The van der Waals surface area contributed by atoms with E-state index in [9.17, 15) is 15.0 Å². The Morgan fingerprint density at radius 1 is 1.23 bits per heavy atom. The van der Waals surface area contributed by atoms with Crippen LogP contribution >= 0.6 is 11.6 Å². The maximum Gasteiger partial charge on any atom is 0.227 e. The molecule has 6 nitrogen and oxygen atoms in total. The number of rotatable bonds is 5. The van der Waals surface area contributed by atoms with Crippen molar-refractivity contribution in [2.24, 2.45) is 0 Å². The summed E-state index contributed by atoms with van der Waals surface area (Å²) in [6.45, 7) is 1.46. The molecule has 0 radical (unpaired) electrons. The van der Waals surface area contributed by atoms with Crippen molar-refractivity contribution in [1.82, 2.24) is 4.98 Å². The van der Waals surface area contributed by atoms with Crippen LogP contribution in [0.5, 0.6) is 5.75 Å². The van der Waals surface area contributed by atoms with Crippen LogP contribution in [0.3, 0.4) is 0 Å². The quantitative estimate of drug-likeness (QED) is 0.635. The van der Waals surface area contributed by atoms with E-state index in [0.717, 1.165) is 11.6 Å². The van der Waals surface area contributed by atoms with Crippen LogP contribution in [-0.4, -0.2) is 15.2 Å². The molecule has 0 aliphatic heterocycles. The van der Waals surface area contributed by atoms with Crippen LogP contribution in [0.25, 0.3) is 0 Å². The summed E-state index contributed by atoms with van der Waals surface area (Å²) in [7, 11) is 0. The zero-order valence-corrected chi connectivity index (χ0v) is 14.7. The molecule has 7 heteroatoms. The van der Waals surface area contributed by atoms with Gasteiger partial charge in [0.2, 0.25) is 11.2 Å². The first-order valence-electron chi connectivity index (χ1n) is 7.89. The number of anilines is 1. The van der Waals surface area contributed by atoms with Crippen LogP contribution in [0.2, 0.25) is 5.02 Å². The first-order chi connectivity index (χ1) is 12.5. The summed E-state index contributed by atoms with van der Waals surface area (Å²) < 4.78 is 5.56. The zero-order valence-electron chi connectivity index (χ0n) is 13.9. The van der Waals surface area contributed by atoms with Crippen LogP contribution in [0, 0.1) is 6.92 Å². The molecule has 0 spiro atoms. The Morgan fingerprint density at radius 2 is 1.96 bits per heavy atom. The van der Waals surface area contributed by atoms with Gasteiger partial charge in [0.05, 0.1) is 0 Å². The summed E-state index contributed by atoms with van der Waals surface area (Å²) in [6.07, 6.45) is 1.70. The largest absolute Gasteiger partial charge is 0.502 e. The number of benzene rings is 1. The van der Waals surface area contributed by atoms with E-state index < -0.39 is 23.8 Å². The van der Waals surface area contributed by atoms with Crippen LogP contribution in [0.1, 0.15) is 28.7 Å². The number of aromatic hydroxyl groups is 1. The molecule has 26 heavy (non-hydrogen) atoms. The number of halogens is 1. The van der Waals surface area contributed by atoms with Crippen molar-refractivity contribution in [2.75, 3.05) is 5.32 Å². The van der Waals surface area contributed by atoms with Gasteiger partial charge in [0.25, 0.3) is 0 Å². The molecule has 0 amide bonds. The third-order valence-corrected chi connectivity index (χ3v) is 4.08. The average molecular weight is 373 g/mol. The molecule has 2 aromatic heterocycles. The highest BCUT2D eigenvalue weighted by Gasteiger charge is 2.24. The normalized spacial score (nSPS) is 12.0. The molecule has 0 fully saturated rings. The molecule has 0 aliphatic carbocycles. The molecule has 0 saturated carbocycles. The Hall–Kier alpha value is -2.83. The van der Waals surface area contributed by atoms with Crippen LogP contribution in [0.15, 0.2) is 57.9 Å². The van der Waals surface area contributed by atoms with Crippen molar-refractivity contribution in [1.29, 1.82) is 0 Å². The summed E-state index contributed by atoms with van der Waals surface area (Å²) >= 11 is 5.96. The first-order valence-corrected chi connectivity index (χ1v) is 8.27. The number of hydrogen-bond acceptors (Lipinski definition) is 6. The van der Waals surface area contributed by atoms with Gasteiger partial charge in [0.15, 0.2) is 5.76 Å². The Morgan fingerprint density at radius 3 is 2.58 bits per heavy atom. The lowest BCUT2D eigenvalue weighted by Crippen LogP contribution is -2.17. The number of aliphatic hydroxyl groups excluding tert-OH is 1. The van der Waals surface area contributed by atoms with E-state index in [1.807, 2.05) is 13.0 Å². The number of pyridine rings is 1. The van der Waals surface area contributed by atoms with Gasteiger partial charge in [-0.3, -0.25) is 4.79 Å². The number of aromatic nitrogens is 1. The second kappa shape index (κ2) is 7.59. The Bertz CT molecular complexity index is 953. The summed E-state index contributed by atoms with van der Waals surface area (Å²) in [5, 5.41) is 23.3. The maximum atomic E-state index is 12.0. The second-order valence-corrected chi connectivity index (χ2v) is 6.23. The number of nitrogens with one attached hydrogen (secondary N) is 1. The molecule has 1 unspecified atom stereocenters. The van der Waals surface area contributed by atoms with Gasteiger partial charge >= 0.3 is 0 Å². The minimum Gasteiger partial charge on any atom is -0.502 e. The van der Waals surface area contributed by atoms with Gasteiger partial charge in [-0.2, -0.15) is 0 Å². The van der Waals surface area contributed by atoms with E-state index in [-0.39, 0.29) is 11.5 Å². The molecule has 134 valence electrons. The van der Waals surface area contributed by atoms with E-state index in [4.69, 9.17) is 16.0 Å². The summed E-state index contributed by atoms with van der Waals surface area (Å²) in [5.74, 6) is 0.0560. The topological polar surface area (TPSA) is 95.6 Å². The minimum atomic E-state index is -0.707. The average Bonchev–Trinajstić information content (AvgIpc) is 2.64. The SMILES string of the molecule is Cc1ccc(NC(c2ccc(Cl)cc2)c2oc(CO)cc(=O)c2O)nc1. The van der Waals surface area contributed by atoms with E-state index in [2.05, 4.69) is 10.3 Å². The number of aliphatic hydroxyl groups is 1. The molecular formula is C19H17ClN2O4. The lowest BCUT2D eigenvalue weighted by molar-refractivity contribution is 0.234. The number of hydrogen-bond donors (Lipinski definition) is 3. The second-order valence-electron chi connectivity index (χ2n) is 5.80. The lowest BCUT2D eigenvalue weighted by Gasteiger charge is -2.20. The maximum absolute atomic E-state index is 12.0. The molecule has 0 bridgehead atoms. The van der Waals surface area contributed by atoms with Gasteiger partial charge in [0.1, 0.15) is 24.2 Å². The highest BCUT2D eigenvalue weighted by Crippen LogP contribution is 2.31. The first kappa shape index (κ1) is 18.0. The molecule has 1 atom stereocenters. The Labute approximate surface area is 154 Å².